The first-order valence-corrected chi connectivity index (χ1v) is 7.39. The molecule has 0 fully saturated rings. The molecular formula is C15H33N. The Morgan fingerprint density at radius 3 is 1.81 bits per heavy atom. The molecule has 2 unspecified atom stereocenters. The standard InChI is InChI=1S/C15H33N/c1-5-6-7-8-9-10-11-12-13-14(2)15(3)16-4/h14-16H,5-13H2,1-4H3. The van der Waals surface area contributed by atoms with E-state index in [0.29, 0.717) is 6.04 Å². The molecule has 2 atom stereocenters. The van der Waals surface area contributed by atoms with Crippen LogP contribution in [-0.4, -0.2) is 13.1 Å². The minimum absolute atomic E-state index is 0.671. The van der Waals surface area contributed by atoms with Crippen molar-refractivity contribution < 1.29 is 0 Å². The van der Waals surface area contributed by atoms with Crippen LogP contribution in [0.4, 0.5) is 0 Å². The molecule has 1 N–H and O–H groups in total. The van der Waals surface area contributed by atoms with Crippen molar-refractivity contribution in [2.75, 3.05) is 7.05 Å². The fourth-order valence-corrected chi connectivity index (χ4v) is 2.13. The Morgan fingerprint density at radius 1 is 0.812 bits per heavy atom. The largest absolute Gasteiger partial charge is 0.317 e. The van der Waals surface area contributed by atoms with Gasteiger partial charge in [0.05, 0.1) is 0 Å². The van der Waals surface area contributed by atoms with Gasteiger partial charge in [-0.15, -0.1) is 0 Å². The van der Waals surface area contributed by atoms with E-state index >= 15 is 0 Å². The van der Waals surface area contributed by atoms with Crippen LogP contribution in [0.5, 0.6) is 0 Å². The summed E-state index contributed by atoms with van der Waals surface area (Å²) < 4.78 is 0. The van der Waals surface area contributed by atoms with Crippen LogP contribution in [0.3, 0.4) is 0 Å². The summed E-state index contributed by atoms with van der Waals surface area (Å²) in [6, 6.07) is 0.671. The van der Waals surface area contributed by atoms with E-state index in [4.69, 9.17) is 0 Å². The highest BCUT2D eigenvalue weighted by Gasteiger charge is 2.08. The smallest absolute Gasteiger partial charge is 0.00613 e. The van der Waals surface area contributed by atoms with Crippen molar-refractivity contribution in [3.05, 3.63) is 0 Å². The van der Waals surface area contributed by atoms with E-state index in [9.17, 15) is 0 Å². The van der Waals surface area contributed by atoms with Crippen LogP contribution < -0.4 is 5.32 Å². The van der Waals surface area contributed by atoms with E-state index in [2.05, 4.69) is 33.1 Å². The minimum atomic E-state index is 0.671. The van der Waals surface area contributed by atoms with E-state index < -0.39 is 0 Å². The quantitative estimate of drug-likeness (QED) is 0.502. The zero-order valence-electron chi connectivity index (χ0n) is 12.0. The maximum absolute atomic E-state index is 3.34. The van der Waals surface area contributed by atoms with Gasteiger partial charge in [-0.25, -0.2) is 0 Å². The molecule has 0 aromatic heterocycles. The Bertz CT molecular complexity index is 133. The molecule has 1 heteroatoms. The third-order valence-electron chi connectivity index (χ3n) is 3.82. The average Bonchev–Trinajstić information content (AvgIpc) is 2.31. The summed E-state index contributed by atoms with van der Waals surface area (Å²) in [5, 5.41) is 3.34. The van der Waals surface area contributed by atoms with Crippen LogP contribution in [0.25, 0.3) is 0 Å². The van der Waals surface area contributed by atoms with Crippen molar-refractivity contribution in [1.82, 2.24) is 5.32 Å². The molecule has 0 aliphatic heterocycles. The molecule has 0 aliphatic carbocycles. The van der Waals surface area contributed by atoms with Gasteiger partial charge in [0.25, 0.3) is 0 Å². The number of hydrogen-bond donors (Lipinski definition) is 1. The molecule has 0 aromatic rings. The zero-order chi connectivity index (χ0) is 12.2. The second-order valence-electron chi connectivity index (χ2n) is 5.32. The van der Waals surface area contributed by atoms with E-state index in [0.717, 1.165) is 5.92 Å². The lowest BCUT2D eigenvalue weighted by Crippen LogP contribution is -2.28. The summed E-state index contributed by atoms with van der Waals surface area (Å²) >= 11 is 0. The predicted molar refractivity (Wildman–Crippen MR) is 74.9 cm³/mol. The van der Waals surface area contributed by atoms with E-state index in [1.165, 1.54) is 57.8 Å². The van der Waals surface area contributed by atoms with Crippen molar-refractivity contribution in [1.29, 1.82) is 0 Å². The van der Waals surface area contributed by atoms with Gasteiger partial charge in [0.15, 0.2) is 0 Å². The van der Waals surface area contributed by atoms with Crippen molar-refractivity contribution in [2.24, 2.45) is 5.92 Å². The molecule has 0 bridgehead atoms. The van der Waals surface area contributed by atoms with Crippen LogP contribution in [0.2, 0.25) is 0 Å². The molecule has 0 rings (SSSR count). The van der Waals surface area contributed by atoms with Crippen LogP contribution in [-0.2, 0) is 0 Å². The van der Waals surface area contributed by atoms with E-state index in [1.54, 1.807) is 0 Å². The lowest BCUT2D eigenvalue weighted by Gasteiger charge is -2.18. The Morgan fingerprint density at radius 2 is 1.31 bits per heavy atom. The summed E-state index contributed by atoms with van der Waals surface area (Å²) in [5.41, 5.74) is 0. The highest BCUT2D eigenvalue weighted by atomic mass is 14.9. The van der Waals surface area contributed by atoms with Crippen molar-refractivity contribution in [3.8, 4) is 0 Å². The van der Waals surface area contributed by atoms with Gasteiger partial charge in [-0.05, 0) is 26.3 Å². The molecule has 0 radical (unpaired) electrons. The van der Waals surface area contributed by atoms with Gasteiger partial charge in [-0.2, -0.15) is 0 Å². The zero-order valence-corrected chi connectivity index (χ0v) is 12.0. The molecule has 0 amide bonds. The normalized spacial score (nSPS) is 15.0. The molecular weight excluding hydrogens is 194 g/mol. The molecule has 0 saturated carbocycles. The molecule has 98 valence electrons. The lowest BCUT2D eigenvalue weighted by molar-refractivity contribution is 0.383. The SMILES string of the molecule is CCCCCCCCCCC(C)C(C)NC. The molecule has 0 saturated heterocycles. The van der Waals surface area contributed by atoms with Crippen LogP contribution in [0.15, 0.2) is 0 Å². The number of nitrogens with one attached hydrogen (secondary N) is 1. The highest BCUT2D eigenvalue weighted by Crippen LogP contribution is 2.15. The number of hydrogen-bond acceptors (Lipinski definition) is 1. The maximum Gasteiger partial charge on any atom is 0.00613 e. The summed E-state index contributed by atoms with van der Waals surface area (Å²) in [6.07, 6.45) is 12.8. The first-order chi connectivity index (χ1) is 7.72. The summed E-state index contributed by atoms with van der Waals surface area (Å²) in [4.78, 5) is 0. The Balaban J connectivity index is 3.14. The molecule has 0 aromatic carbocycles. The Labute approximate surface area is 103 Å². The van der Waals surface area contributed by atoms with Gasteiger partial charge in [0.1, 0.15) is 0 Å². The van der Waals surface area contributed by atoms with Gasteiger partial charge < -0.3 is 5.32 Å². The second kappa shape index (κ2) is 11.4. The average molecular weight is 227 g/mol. The fraction of sp³-hybridized carbons (Fsp3) is 1.00. The molecule has 16 heavy (non-hydrogen) atoms. The van der Waals surface area contributed by atoms with Crippen LogP contribution in [0.1, 0.15) is 78.6 Å². The Kier molecular flexibility index (Phi) is 11.4. The third-order valence-corrected chi connectivity index (χ3v) is 3.82. The minimum Gasteiger partial charge on any atom is -0.317 e. The number of unbranched alkanes of at least 4 members (excludes halogenated alkanes) is 7. The summed E-state index contributed by atoms with van der Waals surface area (Å²) in [7, 11) is 2.06. The lowest BCUT2D eigenvalue weighted by atomic mass is 9.96. The fourth-order valence-electron chi connectivity index (χ4n) is 2.13. The summed E-state index contributed by atoms with van der Waals surface area (Å²) in [5.74, 6) is 0.824. The van der Waals surface area contributed by atoms with Crippen LogP contribution in [0, 0.1) is 5.92 Å². The number of rotatable bonds is 11. The van der Waals surface area contributed by atoms with Gasteiger partial charge in [0.2, 0.25) is 0 Å². The maximum atomic E-state index is 3.34. The van der Waals surface area contributed by atoms with Gasteiger partial charge >= 0.3 is 0 Å². The first-order valence-electron chi connectivity index (χ1n) is 7.39. The molecule has 0 aliphatic rings. The van der Waals surface area contributed by atoms with Crippen molar-refractivity contribution >= 4 is 0 Å². The molecule has 0 spiro atoms. The van der Waals surface area contributed by atoms with Gasteiger partial charge in [0, 0.05) is 6.04 Å². The van der Waals surface area contributed by atoms with Crippen molar-refractivity contribution in [3.63, 3.8) is 0 Å². The second-order valence-corrected chi connectivity index (χ2v) is 5.32. The highest BCUT2D eigenvalue weighted by molar-refractivity contribution is 4.65. The van der Waals surface area contributed by atoms with E-state index in [-0.39, 0.29) is 0 Å². The van der Waals surface area contributed by atoms with Gasteiger partial charge in [-0.3, -0.25) is 0 Å². The predicted octanol–water partition coefficient (Wildman–Crippen LogP) is 4.76. The third kappa shape index (κ3) is 9.21. The van der Waals surface area contributed by atoms with Crippen molar-refractivity contribution in [2.45, 2.75) is 84.6 Å². The Hall–Kier alpha value is -0.0400. The summed E-state index contributed by atoms with van der Waals surface area (Å²) in [6.45, 7) is 6.93. The molecule has 1 nitrogen and oxygen atoms in total. The molecule has 0 heterocycles. The first kappa shape index (κ1) is 16.0. The van der Waals surface area contributed by atoms with E-state index in [1.807, 2.05) is 0 Å². The van der Waals surface area contributed by atoms with Gasteiger partial charge in [-0.1, -0.05) is 65.2 Å². The topological polar surface area (TPSA) is 12.0 Å². The monoisotopic (exact) mass is 227 g/mol. The van der Waals surface area contributed by atoms with Crippen LogP contribution >= 0.6 is 0 Å².